The minimum Gasteiger partial charge on any atom is -0.370 e. The highest BCUT2D eigenvalue weighted by Crippen LogP contribution is 2.34. The quantitative estimate of drug-likeness (QED) is 0.617. The molecule has 0 N–H and O–H groups in total. The molecule has 0 bridgehead atoms. The van der Waals surface area contributed by atoms with Crippen molar-refractivity contribution in [1.82, 2.24) is 19.6 Å². The molecule has 0 aliphatic carbocycles. The van der Waals surface area contributed by atoms with Crippen LogP contribution in [0.5, 0.6) is 0 Å². The molecule has 4 heterocycles. The van der Waals surface area contributed by atoms with E-state index < -0.39 is 0 Å². The molecule has 3 amide bonds. The second-order valence-corrected chi connectivity index (χ2v) is 10.1. The van der Waals surface area contributed by atoms with Crippen LogP contribution in [0.3, 0.4) is 0 Å². The molecule has 2 fully saturated rings. The molecular weight excluding hydrogens is 442 g/mol. The number of nitrogens with zero attached hydrogens (tertiary/aromatic N) is 5. The summed E-state index contributed by atoms with van der Waals surface area (Å²) < 4.78 is 1.84. The topological polar surface area (TPSA) is 78.8 Å². The third kappa shape index (κ3) is 4.58. The van der Waals surface area contributed by atoms with E-state index in [0.29, 0.717) is 24.2 Å². The number of aromatic nitrogens is 2. The van der Waals surface area contributed by atoms with Gasteiger partial charge in [-0.3, -0.25) is 24.0 Å². The smallest absolute Gasteiger partial charge is 0.263 e. The first-order valence-corrected chi connectivity index (χ1v) is 13.0. The summed E-state index contributed by atoms with van der Waals surface area (Å²) in [5.74, 6) is -0.309. The molecule has 0 saturated carbocycles. The summed E-state index contributed by atoms with van der Waals surface area (Å²) in [5.41, 5.74) is 3.65. The molecule has 8 heteroatoms. The van der Waals surface area contributed by atoms with E-state index in [2.05, 4.69) is 10.00 Å². The third-order valence-corrected chi connectivity index (χ3v) is 7.64. The number of aryl methyl sites for hydroxylation is 2. The lowest BCUT2D eigenvalue weighted by Crippen LogP contribution is -2.45. The lowest BCUT2D eigenvalue weighted by Gasteiger charge is -2.36. The number of rotatable bonds is 5. The number of amides is 3. The monoisotopic (exact) mass is 477 g/mol. The van der Waals surface area contributed by atoms with E-state index in [4.69, 9.17) is 0 Å². The van der Waals surface area contributed by atoms with Gasteiger partial charge in [-0.15, -0.1) is 0 Å². The molecule has 1 atom stereocenters. The van der Waals surface area contributed by atoms with Crippen LogP contribution < -0.4 is 4.90 Å². The Bertz CT molecular complexity index is 1130. The Hall–Kier alpha value is -3.16. The van der Waals surface area contributed by atoms with Crippen LogP contribution in [-0.4, -0.2) is 70.0 Å². The number of carbonyl (C=O) groups is 3. The van der Waals surface area contributed by atoms with Gasteiger partial charge in [-0.25, -0.2) is 0 Å². The molecule has 2 saturated heterocycles. The fraction of sp³-hybridized carbons (Fsp3) is 0.556. The van der Waals surface area contributed by atoms with Crippen molar-refractivity contribution in [3.05, 3.63) is 46.8 Å². The number of likely N-dealkylation sites (tertiary alicyclic amines) is 1. The number of anilines is 1. The van der Waals surface area contributed by atoms with Gasteiger partial charge in [0.1, 0.15) is 0 Å². The molecule has 0 spiro atoms. The van der Waals surface area contributed by atoms with Crippen molar-refractivity contribution in [2.45, 2.75) is 58.9 Å². The van der Waals surface area contributed by atoms with Gasteiger partial charge in [0.25, 0.3) is 11.8 Å². The van der Waals surface area contributed by atoms with Crippen LogP contribution in [0.4, 0.5) is 5.69 Å². The Kier molecular flexibility index (Phi) is 6.62. The number of benzene rings is 1. The van der Waals surface area contributed by atoms with Crippen molar-refractivity contribution in [2.24, 2.45) is 5.92 Å². The third-order valence-electron chi connectivity index (χ3n) is 7.64. The second-order valence-electron chi connectivity index (χ2n) is 10.1. The normalized spacial score (nSPS) is 20.9. The number of hydrogen-bond donors (Lipinski definition) is 0. The molecule has 35 heavy (non-hydrogen) atoms. The summed E-state index contributed by atoms with van der Waals surface area (Å²) in [5, 5.41) is 4.45. The Balaban J connectivity index is 1.33. The van der Waals surface area contributed by atoms with E-state index in [1.54, 1.807) is 6.07 Å². The van der Waals surface area contributed by atoms with E-state index in [9.17, 15) is 14.4 Å². The first-order chi connectivity index (χ1) is 16.9. The summed E-state index contributed by atoms with van der Waals surface area (Å²) in [6, 6.07) is 7.50. The van der Waals surface area contributed by atoms with Gasteiger partial charge >= 0.3 is 0 Å². The van der Waals surface area contributed by atoms with Crippen LogP contribution in [0.1, 0.15) is 70.6 Å². The zero-order valence-electron chi connectivity index (χ0n) is 20.8. The number of carbonyl (C=O) groups excluding carboxylic acids is 3. The Morgan fingerprint density at radius 3 is 2.46 bits per heavy atom. The Morgan fingerprint density at radius 1 is 0.971 bits per heavy atom. The van der Waals surface area contributed by atoms with E-state index in [1.165, 1.54) is 17.7 Å². The Labute approximate surface area is 206 Å². The maximum atomic E-state index is 13.5. The average molecular weight is 478 g/mol. The highest BCUT2D eigenvalue weighted by Gasteiger charge is 2.39. The average Bonchev–Trinajstić information content (AvgIpc) is 3.15. The number of piperidine rings is 1. The van der Waals surface area contributed by atoms with Crippen molar-refractivity contribution >= 4 is 23.4 Å². The SMILES string of the molecule is Cc1cc(C)n(CCN2C(=O)c3cccc(N4CCC[C@@H](C(=O)N5CCCCCC5)C4)c3C2=O)n1. The van der Waals surface area contributed by atoms with Gasteiger partial charge in [0.2, 0.25) is 5.91 Å². The van der Waals surface area contributed by atoms with Crippen molar-refractivity contribution in [1.29, 1.82) is 0 Å². The van der Waals surface area contributed by atoms with Gasteiger partial charge in [0.15, 0.2) is 0 Å². The molecule has 8 nitrogen and oxygen atoms in total. The molecule has 0 unspecified atom stereocenters. The standard InChI is InChI=1S/C27H35N5O3/c1-19-17-20(2)32(28-19)16-15-31-26(34)22-10-7-11-23(24(22)27(31)35)30-14-8-9-21(18-30)25(33)29-12-5-3-4-6-13-29/h7,10-11,17,21H,3-6,8-9,12-16,18H2,1-2H3/t21-/m1/s1. The van der Waals surface area contributed by atoms with E-state index in [-0.39, 0.29) is 30.2 Å². The van der Waals surface area contributed by atoms with Crippen LogP contribution in [-0.2, 0) is 11.3 Å². The van der Waals surface area contributed by atoms with Crippen LogP contribution in [0, 0.1) is 19.8 Å². The minimum atomic E-state index is -0.248. The summed E-state index contributed by atoms with van der Waals surface area (Å²) in [6.07, 6.45) is 6.34. The van der Waals surface area contributed by atoms with Crippen molar-refractivity contribution in [3.8, 4) is 0 Å². The van der Waals surface area contributed by atoms with Crippen molar-refractivity contribution in [2.75, 3.05) is 37.6 Å². The molecule has 1 aromatic heterocycles. The van der Waals surface area contributed by atoms with Crippen molar-refractivity contribution < 1.29 is 14.4 Å². The molecule has 186 valence electrons. The summed E-state index contributed by atoms with van der Waals surface area (Å²) >= 11 is 0. The molecule has 1 aromatic carbocycles. The zero-order valence-corrected chi connectivity index (χ0v) is 20.8. The number of imide groups is 1. The minimum absolute atomic E-state index is 0.0629. The zero-order chi connectivity index (χ0) is 24.5. The van der Waals surface area contributed by atoms with Gasteiger partial charge in [-0.2, -0.15) is 5.10 Å². The fourth-order valence-corrected chi connectivity index (χ4v) is 5.83. The maximum absolute atomic E-state index is 13.5. The fourth-order valence-electron chi connectivity index (χ4n) is 5.83. The predicted octanol–water partition coefficient (Wildman–Crippen LogP) is 3.42. The van der Waals surface area contributed by atoms with Gasteiger partial charge in [0, 0.05) is 38.4 Å². The van der Waals surface area contributed by atoms with Crippen LogP contribution in [0.25, 0.3) is 0 Å². The van der Waals surface area contributed by atoms with E-state index in [0.717, 1.165) is 62.4 Å². The molecule has 0 radical (unpaired) electrons. The molecule has 5 rings (SSSR count). The first-order valence-electron chi connectivity index (χ1n) is 13.0. The van der Waals surface area contributed by atoms with Crippen LogP contribution >= 0.6 is 0 Å². The first kappa shape index (κ1) is 23.6. The number of hydrogen-bond acceptors (Lipinski definition) is 5. The van der Waals surface area contributed by atoms with Crippen LogP contribution in [0.15, 0.2) is 24.3 Å². The van der Waals surface area contributed by atoms with E-state index >= 15 is 0 Å². The predicted molar refractivity (Wildman–Crippen MR) is 133 cm³/mol. The maximum Gasteiger partial charge on any atom is 0.263 e. The summed E-state index contributed by atoms with van der Waals surface area (Å²) in [4.78, 5) is 45.5. The van der Waals surface area contributed by atoms with Gasteiger partial charge in [-0.05, 0) is 57.7 Å². The lowest BCUT2D eigenvalue weighted by atomic mass is 9.94. The highest BCUT2D eigenvalue weighted by molar-refractivity contribution is 6.23. The molecular formula is C27H35N5O3. The van der Waals surface area contributed by atoms with Gasteiger partial charge < -0.3 is 9.80 Å². The second kappa shape index (κ2) is 9.84. The summed E-state index contributed by atoms with van der Waals surface area (Å²) in [7, 11) is 0. The van der Waals surface area contributed by atoms with Gasteiger partial charge in [-0.1, -0.05) is 18.9 Å². The molecule has 3 aliphatic rings. The van der Waals surface area contributed by atoms with Gasteiger partial charge in [0.05, 0.1) is 35.0 Å². The number of fused-ring (bicyclic) bond motifs is 1. The largest absolute Gasteiger partial charge is 0.370 e. The summed E-state index contributed by atoms with van der Waals surface area (Å²) in [6.45, 7) is 7.74. The van der Waals surface area contributed by atoms with E-state index in [1.807, 2.05) is 41.6 Å². The Morgan fingerprint density at radius 2 is 1.74 bits per heavy atom. The lowest BCUT2D eigenvalue weighted by molar-refractivity contribution is -0.135. The molecule has 2 aromatic rings. The molecule has 3 aliphatic heterocycles. The highest BCUT2D eigenvalue weighted by atomic mass is 16.2. The van der Waals surface area contributed by atoms with Crippen LogP contribution in [0.2, 0.25) is 0 Å². The van der Waals surface area contributed by atoms with Crippen molar-refractivity contribution in [3.63, 3.8) is 0 Å².